The molecule has 0 aliphatic heterocycles. The van der Waals surface area contributed by atoms with Gasteiger partial charge in [0.2, 0.25) is 15.9 Å². The Labute approximate surface area is 161 Å². The number of para-hydroxylation sites is 2. The highest BCUT2D eigenvalue weighted by Crippen LogP contribution is 2.24. The van der Waals surface area contributed by atoms with Gasteiger partial charge < -0.3 is 10.1 Å². The van der Waals surface area contributed by atoms with Crippen molar-refractivity contribution in [2.45, 2.75) is 26.3 Å². The quantitative estimate of drug-likeness (QED) is 0.751. The molecule has 0 bridgehead atoms. The molecule has 0 atom stereocenters. The Morgan fingerprint density at radius 2 is 1.74 bits per heavy atom. The first-order valence-electron chi connectivity index (χ1n) is 8.68. The lowest BCUT2D eigenvalue weighted by atomic mass is 10.0. The topological polar surface area (TPSA) is 75.7 Å². The van der Waals surface area contributed by atoms with Crippen LogP contribution in [-0.2, 0) is 21.4 Å². The standard InChI is InChI=1S/C20H26N2O4S/c1-15(2)17-10-6-7-11-18(17)21-20(23)14-22(27(4,24)25)13-16-9-5-8-12-19(16)26-3/h5-12,15H,13-14H2,1-4H3,(H,21,23). The van der Waals surface area contributed by atoms with E-state index in [4.69, 9.17) is 4.74 Å². The van der Waals surface area contributed by atoms with Gasteiger partial charge >= 0.3 is 0 Å². The second kappa shape index (κ2) is 9.01. The summed E-state index contributed by atoms with van der Waals surface area (Å²) < 4.78 is 30.8. The van der Waals surface area contributed by atoms with Crippen LogP contribution in [0.4, 0.5) is 5.69 Å². The average molecular weight is 391 g/mol. The maximum Gasteiger partial charge on any atom is 0.239 e. The largest absolute Gasteiger partial charge is 0.496 e. The van der Waals surface area contributed by atoms with E-state index in [1.807, 2.05) is 44.2 Å². The summed E-state index contributed by atoms with van der Waals surface area (Å²) in [6, 6.07) is 14.7. The average Bonchev–Trinajstić information content (AvgIpc) is 2.61. The van der Waals surface area contributed by atoms with Crippen LogP contribution in [0.15, 0.2) is 48.5 Å². The molecule has 7 heteroatoms. The molecule has 2 aromatic rings. The minimum absolute atomic E-state index is 0.0576. The zero-order valence-electron chi connectivity index (χ0n) is 16.1. The summed E-state index contributed by atoms with van der Waals surface area (Å²) in [5.74, 6) is 0.432. The molecule has 0 aromatic heterocycles. The molecular formula is C20H26N2O4S. The minimum atomic E-state index is -3.58. The van der Waals surface area contributed by atoms with Crippen LogP contribution in [0.3, 0.4) is 0 Å². The molecule has 0 radical (unpaired) electrons. The number of rotatable bonds is 8. The van der Waals surface area contributed by atoms with Crippen LogP contribution in [0.5, 0.6) is 5.75 Å². The number of nitrogens with zero attached hydrogens (tertiary/aromatic N) is 1. The van der Waals surface area contributed by atoms with E-state index in [0.29, 0.717) is 17.0 Å². The maximum atomic E-state index is 12.5. The summed E-state index contributed by atoms with van der Waals surface area (Å²) >= 11 is 0. The second-order valence-electron chi connectivity index (χ2n) is 6.63. The van der Waals surface area contributed by atoms with Crippen molar-refractivity contribution in [2.24, 2.45) is 0 Å². The van der Waals surface area contributed by atoms with Crippen LogP contribution in [0, 0.1) is 0 Å². The summed E-state index contributed by atoms with van der Waals surface area (Å²) in [5, 5.41) is 2.83. The lowest BCUT2D eigenvalue weighted by Crippen LogP contribution is -2.37. The first kappa shape index (κ1) is 20.9. The third-order valence-electron chi connectivity index (χ3n) is 4.19. The number of hydrogen-bond acceptors (Lipinski definition) is 4. The molecule has 2 rings (SSSR count). The predicted molar refractivity (Wildman–Crippen MR) is 107 cm³/mol. The van der Waals surface area contributed by atoms with Gasteiger partial charge in [0.25, 0.3) is 0 Å². The van der Waals surface area contributed by atoms with Gasteiger partial charge in [-0.25, -0.2) is 8.42 Å². The SMILES string of the molecule is COc1ccccc1CN(CC(=O)Nc1ccccc1C(C)C)S(C)(=O)=O. The Balaban J connectivity index is 2.19. The lowest BCUT2D eigenvalue weighted by Gasteiger charge is -2.21. The number of amides is 1. The van der Waals surface area contributed by atoms with Crippen LogP contribution in [-0.4, -0.2) is 38.5 Å². The monoisotopic (exact) mass is 390 g/mol. The Hall–Kier alpha value is -2.38. The van der Waals surface area contributed by atoms with Gasteiger partial charge in [-0.2, -0.15) is 4.31 Å². The highest BCUT2D eigenvalue weighted by atomic mass is 32.2. The van der Waals surface area contributed by atoms with E-state index in [9.17, 15) is 13.2 Å². The van der Waals surface area contributed by atoms with Crippen molar-refractivity contribution in [3.63, 3.8) is 0 Å². The van der Waals surface area contributed by atoms with Crippen LogP contribution < -0.4 is 10.1 Å². The van der Waals surface area contributed by atoms with Crippen molar-refractivity contribution in [1.29, 1.82) is 0 Å². The summed E-state index contributed by atoms with van der Waals surface area (Å²) in [4.78, 5) is 12.5. The predicted octanol–water partition coefficient (Wildman–Crippen LogP) is 3.22. The van der Waals surface area contributed by atoms with Gasteiger partial charge in [0.15, 0.2) is 0 Å². The molecule has 0 aliphatic rings. The molecule has 27 heavy (non-hydrogen) atoms. The van der Waals surface area contributed by atoms with Crippen molar-refractivity contribution in [3.8, 4) is 5.75 Å². The third kappa shape index (κ3) is 5.80. The molecule has 0 saturated carbocycles. The number of ether oxygens (including phenoxy) is 1. The number of anilines is 1. The van der Waals surface area contributed by atoms with E-state index in [1.165, 1.54) is 7.11 Å². The number of hydrogen-bond donors (Lipinski definition) is 1. The van der Waals surface area contributed by atoms with E-state index in [0.717, 1.165) is 16.1 Å². The van der Waals surface area contributed by atoms with Gasteiger partial charge in [-0.3, -0.25) is 4.79 Å². The normalized spacial score (nSPS) is 11.6. The Kier molecular flexibility index (Phi) is 6.98. The summed E-state index contributed by atoms with van der Waals surface area (Å²) in [6.07, 6.45) is 1.09. The van der Waals surface area contributed by atoms with Gasteiger partial charge in [0.05, 0.1) is 19.9 Å². The summed E-state index contributed by atoms with van der Waals surface area (Å²) in [7, 11) is -2.06. The van der Waals surface area contributed by atoms with E-state index in [2.05, 4.69) is 5.32 Å². The molecular weight excluding hydrogens is 364 g/mol. The van der Waals surface area contributed by atoms with Crippen molar-refractivity contribution in [2.75, 3.05) is 25.2 Å². The summed E-state index contributed by atoms with van der Waals surface area (Å²) in [5.41, 5.74) is 2.39. The van der Waals surface area contributed by atoms with E-state index >= 15 is 0 Å². The van der Waals surface area contributed by atoms with Crippen molar-refractivity contribution < 1.29 is 17.9 Å². The van der Waals surface area contributed by atoms with Gasteiger partial charge in [0.1, 0.15) is 5.75 Å². The minimum Gasteiger partial charge on any atom is -0.496 e. The zero-order valence-corrected chi connectivity index (χ0v) is 16.9. The molecule has 0 heterocycles. The third-order valence-corrected chi connectivity index (χ3v) is 5.38. The number of sulfonamides is 1. The zero-order chi connectivity index (χ0) is 20.0. The molecule has 0 spiro atoms. The number of benzene rings is 2. The number of methoxy groups -OCH3 is 1. The van der Waals surface area contributed by atoms with Gasteiger partial charge in [-0.1, -0.05) is 50.2 Å². The molecule has 1 N–H and O–H groups in total. The van der Waals surface area contributed by atoms with Crippen molar-refractivity contribution in [1.82, 2.24) is 4.31 Å². The summed E-state index contributed by atoms with van der Waals surface area (Å²) in [6.45, 7) is 3.86. The fourth-order valence-corrected chi connectivity index (χ4v) is 3.50. The first-order valence-corrected chi connectivity index (χ1v) is 10.5. The number of carbonyl (C=O) groups is 1. The Morgan fingerprint density at radius 3 is 2.37 bits per heavy atom. The molecule has 146 valence electrons. The van der Waals surface area contributed by atoms with Crippen molar-refractivity contribution >= 4 is 21.6 Å². The number of nitrogens with one attached hydrogen (secondary N) is 1. The maximum absolute atomic E-state index is 12.5. The van der Waals surface area contributed by atoms with Crippen LogP contribution in [0.1, 0.15) is 30.9 Å². The van der Waals surface area contributed by atoms with E-state index < -0.39 is 10.0 Å². The molecule has 6 nitrogen and oxygen atoms in total. The lowest BCUT2D eigenvalue weighted by molar-refractivity contribution is -0.116. The second-order valence-corrected chi connectivity index (χ2v) is 8.62. The van der Waals surface area contributed by atoms with Crippen LogP contribution >= 0.6 is 0 Å². The highest BCUT2D eigenvalue weighted by Gasteiger charge is 2.22. The first-order chi connectivity index (χ1) is 12.7. The van der Waals surface area contributed by atoms with E-state index in [-0.39, 0.29) is 24.9 Å². The Bertz CT molecular complexity index is 894. The molecule has 0 aliphatic carbocycles. The van der Waals surface area contributed by atoms with Crippen LogP contribution in [0.25, 0.3) is 0 Å². The van der Waals surface area contributed by atoms with Crippen molar-refractivity contribution in [3.05, 3.63) is 59.7 Å². The molecule has 1 amide bonds. The molecule has 0 unspecified atom stereocenters. The Morgan fingerprint density at radius 1 is 1.11 bits per heavy atom. The smallest absolute Gasteiger partial charge is 0.239 e. The molecule has 2 aromatic carbocycles. The van der Waals surface area contributed by atoms with E-state index in [1.54, 1.807) is 18.2 Å². The number of carbonyl (C=O) groups excluding carboxylic acids is 1. The highest BCUT2D eigenvalue weighted by molar-refractivity contribution is 7.88. The molecule has 0 fully saturated rings. The van der Waals surface area contributed by atoms with Crippen LogP contribution in [0.2, 0.25) is 0 Å². The van der Waals surface area contributed by atoms with Gasteiger partial charge in [-0.05, 0) is 23.6 Å². The fourth-order valence-electron chi connectivity index (χ4n) is 2.78. The van der Waals surface area contributed by atoms with Gasteiger partial charge in [0, 0.05) is 17.8 Å². The fraction of sp³-hybridized carbons (Fsp3) is 0.350. The molecule has 0 saturated heterocycles. The van der Waals surface area contributed by atoms with Gasteiger partial charge in [-0.15, -0.1) is 0 Å².